The van der Waals surface area contributed by atoms with Crippen LogP contribution in [0.4, 0.5) is 0 Å². The molecule has 1 spiro atoms. The summed E-state index contributed by atoms with van der Waals surface area (Å²) >= 11 is 0. The Kier molecular flexibility index (Phi) is 8.80. The molecule has 0 atom stereocenters. The van der Waals surface area contributed by atoms with Gasteiger partial charge < -0.3 is 0 Å². The zero-order chi connectivity index (χ0) is 42.1. The smallest absolute Gasteiger partial charge is 0.160 e. The van der Waals surface area contributed by atoms with Gasteiger partial charge in [0.05, 0.1) is 11.4 Å². The van der Waals surface area contributed by atoms with E-state index in [4.69, 9.17) is 9.97 Å². The Morgan fingerprint density at radius 3 is 1.52 bits per heavy atom. The first-order valence-corrected chi connectivity index (χ1v) is 22.7. The van der Waals surface area contributed by atoms with Crippen LogP contribution in [-0.4, -0.2) is 9.97 Å². The van der Waals surface area contributed by atoms with Crippen LogP contribution in [-0.2, 0) is 10.8 Å². The van der Waals surface area contributed by atoms with Crippen LogP contribution in [0.5, 0.6) is 0 Å². The molecule has 12 rings (SSSR count). The van der Waals surface area contributed by atoms with E-state index in [1.807, 2.05) is 18.2 Å². The first-order chi connectivity index (χ1) is 30.9. The van der Waals surface area contributed by atoms with Gasteiger partial charge >= 0.3 is 0 Å². The molecule has 0 amide bonds. The lowest BCUT2D eigenvalue weighted by Crippen LogP contribution is -2.28. The van der Waals surface area contributed by atoms with Gasteiger partial charge in [0, 0.05) is 27.5 Å². The van der Waals surface area contributed by atoms with Gasteiger partial charge in [0.2, 0.25) is 0 Å². The van der Waals surface area contributed by atoms with Gasteiger partial charge in [0.15, 0.2) is 5.82 Å². The predicted molar refractivity (Wildman–Crippen MR) is 262 cm³/mol. The summed E-state index contributed by atoms with van der Waals surface area (Å²) in [6.07, 6.45) is 6.38. The van der Waals surface area contributed by atoms with Crippen molar-refractivity contribution >= 4 is 0 Å². The largest absolute Gasteiger partial charge is 0.228 e. The Hall–Kier alpha value is -7.16. The SMILES string of the molecule is CC1(C)c2ccccc2-c2cc3c(cc21)-c1cc(-c2ccc(-c4cccc(-c5cc(-c6ccc(-c7ccccc7)cc6)nc(-c6ccccc6)n5)c4)cc2)ccc1C31CCCCC1. The first kappa shape index (κ1) is 37.6. The molecule has 0 N–H and O–H groups in total. The maximum absolute atomic E-state index is 5.16. The summed E-state index contributed by atoms with van der Waals surface area (Å²) in [6.45, 7) is 4.81. The molecule has 0 bridgehead atoms. The predicted octanol–water partition coefficient (Wildman–Crippen LogP) is 16.0. The van der Waals surface area contributed by atoms with Gasteiger partial charge in [-0.15, -0.1) is 0 Å². The molecule has 0 radical (unpaired) electrons. The molecule has 302 valence electrons. The summed E-state index contributed by atoms with van der Waals surface area (Å²) in [6, 6.07) is 71.2. The number of hydrogen-bond donors (Lipinski definition) is 0. The lowest BCUT2D eigenvalue weighted by Gasteiger charge is -2.36. The van der Waals surface area contributed by atoms with Crippen molar-refractivity contribution in [3.8, 4) is 89.5 Å². The van der Waals surface area contributed by atoms with Gasteiger partial charge in [0.25, 0.3) is 0 Å². The fraction of sp³-hybridized carbons (Fsp3) is 0.148. The van der Waals surface area contributed by atoms with Gasteiger partial charge in [-0.25, -0.2) is 9.97 Å². The minimum atomic E-state index is -0.0246. The number of nitrogens with zero attached hydrogens (tertiary/aromatic N) is 2. The minimum absolute atomic E-state index is 0.0246. The highest BCUT2D eigenvalue weighted by molar-refractivity contribution is 5.91. The summed E-state index contributed by atoms with van der Waals surface area (Å²) in [7, 11) is 0. The minimum Gasteiger partial charge on any atom is -0.228 e. The summed E-state index contributed by atoms with van der Waals surface area (Å²) < 4.78 is 0. The number of fused-ring (bicyclic) bond motifs is 8. The molecule has 0 saturated heterocycles. The molecule has 63 heavy (non-hydrogen) atoms. The average molecular weight is 809 g/mol. The van der Waals surface area contributed by atoms with Crippen LogP contribution >= 0.6 is 0 Å². The number of benzene rings is 8. The highest BCUT2D eigenvalue weighted by Crippen LogP contribution is 2.60. The summed E-state index contributed by atoms with van der Waals surface area (Å²) in [5.41, 5.74) is 24.0. The first-order valence-electron chi connectivity index (χ1n) is 22.7. The Bertz CT molecular complexity index is 3190. The van der Waals surface area contributed by atoms with E-state index in [1.165, 1.54) is 98.9 Å². The fourth-order valence-electron chi connectivity index (χ4n) is 11.2. The van der Waals surface area contributed by atoms with E-state index in [0.29, 0.717) is 0 Å². The molecule has 1 heterocycles. The molecule has 2 heteroatoms. The normalized spacial score (nSPS) is 15.1. The Morgan fingerprint density at radius 2 is 0.810 bits per heavy atom. The zero-order valence-electron chi connectivity index (χ0n) is 35.9. The lowest BCUT2D eigenvalue weighted by molar-refractivity contribution is 0.353. The van der Waals surface area contributed by atoms with Gasteiger partial charge in [0.1, 0.15) is 0 Å². The van der Waals surface area contributed by atoms with E-state index >= 15 is 0 Å². The van der Waals surface area contributed by atoms with Crippen molar-refractivity contribution in [1.29, 1.82) is 0 Å². The molecule has 9 aromatic rings. The van der Waals surface area contributed by atoms with Crippen LogP contribution in [0.1, 0.15) is 68.2 Å². The van der Waals surface area contributed by atoms with E-state index in [-0.39, 0.29) is 10.8 Å². The van der Waals surface area contributed by atoms with Gasteiger partial charge in [-0.05, 0) is 121 Å². The number of hydrogen-bond acceptors (Lipinski definition) is 2. The molecule has 1 aromatic heterocycles. The Morgan fingerprint density at radius 1 is 0.317 bits per heavy atom. The third-order valence-corrected chi connectivity index (χ3v) is 14.5. The third-order valence-electron chi connectivity index (χ3n) is 14.5. The molecule has 1 fully saturated rings. The molecular weight excluding hydrogens is 761 g/mol. The monoisotopic (exact) mass is 808 g/mol. The number of rotatable bonds is 6. The van der Waals surface area contributed by atoms with E-state index in [1.54, 1.807) is 5.56 Å². The molecule has 3 aliphatic carbocycles. The van der Waals surface area contributed by atoms with Crippen molar-refractivity contribution in [3.05, 3.63) is 216 Å². The van der Waals surface area contributed by atoms with E-state index in [9.17, 15) is 0 Å². The van der Waals surface area contributed by atoms with Crippen LogP contribution in [0.3, 0.4) is 0 Å². The maximum atomic E-state index is 5.16. The molecule has 0 unspecified atom stereocenters. The van der Waals surface area contributed by atoms with Crippen molar-refractivity contribution in [2.45, 2.75) is 56.8 Å². The van der Waals surface area contributed by atoms with Crippen molar-refractivity contribution in [2.75, 3.05) is 0 Å². The standard InChI is InChI=1S/C61H48N2/c1-60(2)53-22-11-10-21-49(53)51-38-56-52(37-55(51)60)50-36-47(31-32-54(50)61(56)33-12-5-13-34-61)43-25-23-42(24-26-43)46-19-14-20-48(35-46)58-39-57(62-59(63-58)45-17-8-4-9-18-45)44-29-27-41(28-30-44)40-15-6-3-7-16-40/h3-4,6-11,14-32,35-39H,5,12-13,33-34H2,1-2H3. The van der Waals surface area contributed by atoms with Crippen molar-refractivity contribution in [1.82, 2.24) is 9.97 Å². The molecule has 3 aliphatic rings. The van der Waals surface area contributed by atoms with Crippen LogP contribution in [0.2, 0.25) is 0 Å². The second-order valence-corrected chi connectivity index (χ2v) is 18.4. The molecule has 1 saturated carbocycles. The Balaban J connectivity index is 0.884. The highest BCUT2D eigenvalue weighted by Gasteiger charge is 2.46. The Labute approximate surface area is 371 Å². The topological polar surface area (TPSA) is 25.8 Å². The average Bonchev–Trinajstić information content (AvgIpc) is 3.74. The molecule has 0 aliphatic heterocycles. The number of aromatic nitrogens is 2. The zero-order valence-corrected chi connectivity index (χ0v) is 35.9. The van der Waals surface area contributed by atoms with Crippen LogP contribution in [0, 0.1) is 0 Å². The second kappa shape index (κ2) is 14.7. The van der Waals surface area contributed by atoms with Crippen molar-refractivity contribution in [2.24, 2.45) is 0 Å². The summed E-state index contributed by atoms with van der Waals surface area (Å²) in [4.78, 5) is 10.3. The summed E-state index contributed by atoms with van der Waals surface area (Å²) in [5.74, 6) is 0.717. The quantitative estimate of drug-likeness (QED) is 0.167. The van der Waals surface area contributed by atoms with Gasteiger partial charge in [-0.1, -0.05) is 197 Å². The second-order valence-electron chi connectivity index (χ2n) is 18.4. The van der Waals surface area contributed by atoms with Crippen LogP contribution < -0.4 is 0 Å². The van der Waals surface area contributed by atoms with Gasteiger partial charge in [-0.3, -0.25) is 0 Å². The molecule has 8 aromatic carbocycles. The van der Waals surface area contributed by atoms with Crippen molar-refractivity contribution < 1.29 is 0 Å². The highest BCUT2D eigenvalue weighted by atomic mass is 14.9. The molecular formula is C61H48N2. The van der Waals surface area contributed by atoms with E-state index in [2.05, 4.69) is 190 Å². The van der Waals surface area contributed by atoms with E-state index < -0.39 is 0 Å². The van der Waals surface area contributed by atoms with Crippen LogP contribution in [0.15, 0.2) is 194 Å². The summed E-state index contributed by atoms with van der Waals surface area (Å²) in [5, 5.41) is 0. The van der Waals surface area contributed by atoms with Crippen molar-refractivity contribution in [3.63, 3.8) is 0 Å². The maximum Gasteiger partial charge on any atom is 0.160 e. The molecule has 2 nitrogen and oxygen atoms in total. The van der Waals surface area contributed by atoms with Gasteiger partial charge in [-0.2, -0.15) is 0 Å². The fourth-order valence-corrected chi connectivity index (χ4v) is 11.2. The third kappa shape index (κ3) is 6.22. The van der Waals surface area contributed by atoms with E-state index in [0.717, 1.165) is 39.5 Å². The van der Waals surface area contributed by atoms with Crippen LogP contribution in [0.25, 0.3) is 89.5 Å². The lowest BCUT2D eigenvalue weighted by atomic mass is 9.67.